The standard InChI is InChI=1S/C21H30N2O4/c1-5-14-26-21(25)22-17-10-12-23(13-11-17)20(24)16(4)27-19-9-7-6-8-18(19)15(2)3/h5-9,15-17H,1,10-14H2,2-4H3,(H,22,25). The third-order valence-electron chi connectivity index (χ3n) is 4.65. The average molecular weight is 374 g/mol. The minimum Gasteiger partial charge on any atom is -0.481 e. The van der Waals surface area contributed by atoms with E-state index in [0.717, 1.165) is 11.3 Å². The van der Waals surface area contributed by atoms with Crippen LogP contribution in [0.15, 0.2) is 36.9 Å². The SMILES string of the molecule is C=CCOC(=O)NC1CCN(C(=O)C(C)Oc2ccccc2C(C)C)CC1. The molecule has 0 aromatic heterocycles. The van der Waals surface area contributed by atoms with Gasteiger partial charge in [0.25, 0.3) is 5.91 Å². The maximum Gasteiger partial charge on any atom is 0.407 e. The number of hydrogen-bond donors (Lipinski definition) is 1. The molecule has 1 fully saturated rings. The summed E-state index contributed by atoms with van der Waals surface area (Å²) in [5.74, 6) is 1.06. The van der Waals surface area contributed by atoms with Crippen molar-refractivity contribution in [1.82, 2.24) is 10.2 Å². The average Bonchev–Trinajstić information content (AvgIpc) is 2.66. The fourth-order valence-electron chi connectivity index (χ4n) is 3.15. The van der Waals surface area contributed by atoms with Crippen molar-refractivity contribution in [2.75, 3.05) is 19.7 Å². The van der Waals surface area contributed by atoms with Crippen molar-refractivity contribution in [3.8, 4) is 5.75 Å². The van der Waals surface area contributed by atoms with Gasteiger partial charge in [0.15, 0.2) is 6.10 Å². The Balaban J connectivity index is 1.85. The van der Waals surface area contributed by atoms with Gasteiger partial charge in [-0.2, -0.15) is 0 Å². The predicted octanol–water partition coefficient (Wildman–Crippen LogP) is 3.48. The van der Waals surface area contributed by atoms with Crippen molar-refractivity contribution in [1.29, 1.82) is 0 Å². The fraction of sp³-hybridized carbons (Fsp3) is 0.524. The number of likely N-dealkylation sites (tertiary alicyclic amines) is 1. The van der Waals surface area contributed by atoms with Gasteiger partial charge in [-0.15, -0.1) is 0 Å². The van der Waals surface area contributed by atoms with Gasteiger partial charge in [0, 0.05) is 19.1 Å². The van der Waals surface area contributed by atoms with Crippen LogP contribution in [0.5, 0.6) is 5.75 Å². The second-order valence-corrected chi connectivity index (χ2v) is 7.08. The van der Waals surface area contributed by atoms with Gasteiger partial charge in [0.1, 0.15) is 12.4 Å². The Kier molecular flexibility index (Phi) is 7.70. The molecular weight excluding hydrogens is 344 g/mol. The lowest BCUT2D eigenvalue weighted by molar-refractivity contribution is -0.139. The number of nitrogens with one attached hydrogen (secondary N) is 1. The molecular formula is C21H30N2O4. The minimum absolute atomic E-state index is 0.0178. The van der Waals surface area contributed by atoms with E-state index in [9.17, 15) is 9.59 Å². The Morgan fingerprint density at radius 2 is 1.93 bits per heavy atom. The van der Waals surface area contributed by atoms with Gasteiger partial charge in [-0.05, 0) is 37.3 Å². The summed E-state index contributed by atoms with van der Waals surface area (Å²) < 4.78 is 10.9. The smallest absolute Gasteiger partial charge is 0.407 e. The van der Waals surface area contributed by atoms with Crippen LogP contribution in [0.1, 0.15) is 45.1 Å². The molecule has 1 aliphatic rings. The molecule has 0 saturated carbocycles. The fourth-order valence-corrected chi connectivity index (χ4v) is 3.15. The molecule has 1 unspecified atom stereocenters. The minimum atomic E-state index is -0.549. The Morgan fingerprint density at radius 1 is 1.26 bits per heavy atom. The van der Waals surface area contributed by atoms with Crippen LogP contribution in [0.25, 0.3) is 0 Å². The molecule has 27 heavy (non-hydrogen) atoms. The maximum absolute atomic E-state index is 12.7. The third kappa shape index (κ3) is 6.01. The highest BCUT2D eigenvalue weighted by Gasteiger charge is 2.28. The van der Waals surface area contributed by atoms with Gasteiger partial charge in [-0.25, -0.2) is 4.79 Å². The maximum atomic E-state index is 12.7. The second-order valence-electron chi connectivity index (χ2n) is 7.08. The number of alkyl carbamates (subject to hydrolysis) is 1. The van der Waals surface area contributed by atoms with E-state index in [0.29, 0.717) is 31.8 Å². The Labute approximate surface area is 161 Å². The van der Waals surface area contributed by atoms with Gasteiger partial charge < -0.3 is 19.7 Å². The monoisotopic (exact) mass is 374 g/mol. The number of amides is 2. The first-order chi connectivity index (χ1) is 12.9. The summed E-state index contributed by atoms with van der Waals surface area (Å²) in [5.41, 5.74) is 1.10. The zero-order valence-electron chi connectivity index (χ0n) is 16.4. The van der Waals surface area contributed by atoms with E-state index < -0.39 is 12.2 Å². The molecule has 0 radical (unpaired) electrons. The first-order valence-corrected chi connectivity index (χ1v) is 9.51. The number of piperidine rings is 1. The van der Waals surface area contributed by atoms with Gasteiger partial charge in [-0.1, -0.05) is 44.7 Å². The predicted molar refractivity (Wildman–Crippen MR) is 105 cm³/mol. The molecule has 148 valence electrons. The third-order valence-corrected chi connectivity index (χ3v) is 4.65. The highest BCUT2D eigenvalue weighted by Crippen LogP contribution is 2.27. The molecule has 1 saturated heterocycles. The van der Waals surface area contributed by atoms with Crippen LogP contribution in [-0.4, -0.2) is 48.7 Å². The van der Waals surface area contributed by atoms with Gasteiger partial charge in [0.2, 0.25) is 0 Å². The summed E-state index contributed by atoms with van der Waals surface area (Å²) in [6.07, 6.45) is 1.93. The van der Waals surface area contributed by atoms with E-state index in [1.54, 1.807) is 11.8 Å². The highest BCUT2D eigenvalue weighted by atomic mass is 16.5. The van der Waals surface area contributed by atoms with Crippen molar-refractivity contribution in [3.05, 3.63) is 42.5 Å². The lowest BCUT2D eigenvalue weighted by atomic mass is 10.0. The number of para-hydroxylation sites is 1. The van der Waals surface area contributed by atoms with Crippen LogP contribution >= 0.6 is 0 Å². The van der Waals surface area contributed by atoms with Crippen molar-refractivity contribution in [2.24, 2.45) is 0 Å². The van der Waals surface area contributed by atoms with Crippen molar-refractivity contribution >= 4 is 12.0 Å². The normalized spacial score (nSPS) is 15.9. The van der Waals surface area contributed by atoms with Gasteiger partial charge >= 0.3 is 6.09 Å². The van der Waals surface area contributed by atoms with Crippen molar-refractivity contribution in [2.45, 2.75) is 51.7 Å². The highest BCUT2D eigenvalue weighted by molar-refractivity contribution is 5.81. The van der Waals surface area contributed by atoms with Gasteiger partial charge in [-0.3, -0.25) is 4.79 Å². The number of carbonyl (C=O) groups excluding carboxylic acids is 2. The molecule has 2 amide bonds. The number of nitrogens with zero attached hydrogens (tertiary/aromatic N) is 1. The van der Waals surface area contributed by atoms with Crippen LogP contribution in [0.3, 0.4) is 0 Å². The van der Waals surface area contributed by atoms with E-state index in [4.69, 9.17) is 9.47 Å². The summed E-state index contributed by atoms with van der Waals surface area (Å²) in [6.45, 7) is 10.9. The summed E-state index contributed by atoms with van der Waals surface area (Å²) in [4.78, 5) is 26.1. The molecule has 6 heteroatoms. The molecule has 2 rings (SSSR count). The lowest BCUT2D eigenvalue weighted by Gasteiger charge is -2.33. The lowest BCUT2D eigenvalue weighted by Crippen LogP contribution is -2.49. The van der Waals surface area contributed by atoms with Gasteiger partial charge in [0.05, 0.1) is 0 Å². The number of rotatable bonds is 7. The Bertz CT molecular complexity index is 651. The zero-order chi connectivity index (χ0) is 19.8. The van der Waals surface area contributed by atoms with Crippen molar-refractivity contribution < 1.29 is 19.1 Å². The van der Waals surface area contributed by atoms with E-state index in [1.165, 1.54) is 6.08 Å². The van der Waals surface area contributed by atoms with E-state index in [1.807, 2.05) is 24.3 Å². The number of carbonyl (C=O) groups is 2. The quantitative estimate of drug-likeness (QED) is 0.742. The molecule has 0 spiro atoms. The Hall–Kier alpha value is -2.50. The van der Waals surface area contributed by atoms with E-state index in [-0.39, 0.29) is 18.6 Å². The van der Waals surface area contributed by atoms with E-state index >= 15 is 0 Å². The number of benzene rings is 1. The first-order valence-electron chi connectivity index (χ1n) is 9.51. The molecule has 6 nitrogen and oxygen atoms in total. The molecule has 0 bridgehead atoms. The summed E-state index contributed by atoms with van der Waals surface area (Å²) in [6, 6.07) is 7.85. The molecule has 1 aliphatic heterocycles. The summed E-state index contributed by atoms with van der Waals surface area (Å²) in [7, 11) is 0. The van der Waals surface area contributed by atoms with Crippen molar-refractivity contribution in [3.63, 3.8) is 0 Å². The number of ether oxygens (including phenoxy) is 2. The topological polar surface area (TPSA) is 67.9 Å². The second kappa shape index (κ2) is 10.00. The largest absolute Gasteiger partial charge is 0.481 e. The molecule has 0 aliphatic carbocycles. The summed E-state index contributed by atoms with van der Waals surface area (Å²) >= 11 is 0. The summed E-state index contributed by atoms with van der Waals surface area (Å²) in [5, 5.41) is 2.82. The van der Waals surface area contributed by atoms with Crippen LogP contribution in [0, 0.1) is 0 Å². The molecule has 1 aromatic rings. The zero-order valence-corrected chi connectivity index (χ0v) is 16.4. The number of hydrogen-bond acceptors (Lipinski definition) is 4. The Morgan fingerprint density at radius 3 is 2.56 bits per heavy atom. The van der Waals surface area contributed by atoms with E-state index in [2.05, 4.69) is 25.7 Å². The molecule has 1 atom stereocenters. The molecule has 1 aromatic carbocycles. The molecule has 1 heterocycles. The first kappa shape index (κ1) is 20.8. The van der Waals surface area contributed by atoms with Crippen LogP contribution < -0.4 is 10.1 Å². The van der Waals surface area contributed by atoms with Crippen LogP contribution in [-0.2, 0) is 9.53 Å². The van der Waals surface area contributed by atoms with Crippen LogP contribution in [0.2, 0.25) is 0 Å². The van der Waals surface area contributed by atoms with Crippen LogP contribution in [0.4, 0.5) is 4.79 Å². The molecule has 1 N–H and O–H groups in total.